The van der Waals surface area contributed by atoms with Crippen LogP contribution in [-0.4, -0.2) is 10.4 Å². The highest BCUT2D eigenvalue weighted by Gasteiger charge is 2.22. The summed E-state index contributed by atoms with van der Waals surface area (Å²) in [4.78, 5) is 12.9. The van der Waals surface area contributed by atoms with Gasteiger partial charge in [0, 0.05) is 34.1 Å². The van der Waals surface area contributed by atoms with Crippen LogP contribution < -0.4 is 0 Å². The minimum absolute atomic E-state index is 0.279. The SMILES string of the molecule is Cc1cc(C(=O)CCC(C)C2CCCCC2)c(C)n1-c1ccc(Cl)cc1. The minimum atomic E-state index is 0.279. The van der Waals surface area contributed by atoms with Crippen LogP contribution in [0.5, 0.6) is 0 Å². The number of halogens is 1. The Morgan fingerprint density at radius 3 is 2.46 bits per heavy atom. The number of aromatic nitrogens is 1. The van der Waals surface area contributed by atoms with Gasteiger partial charge in [-0.2, -0.15) is 0 Å². The van der Waals surface area contributed by atoms with Gasteiger partial charge in [0.15, 0.2) is 5.78 Å². The average molecular weight is 372 g/mol. The van der Waals surface area contributed by atoms with E-state index in [0.717, 1.165) is 40.0 Å². The molecule has 0 amide bonds. The number of carbonyl (C=O) groups is 1. The first-order valence-corrected chi connectivity index (χ1v) is 10.3. The molecule has 1 unspecified atom stereocenters. The second kappa shape index (κ2) is 8.43. The zero-order valence-corrected chi connectivity index (χ0v) is 17.0. The lowest BCUT2D eigenvalue weighted by Crippen LogP contribution is -2.16. The summed E-state index contributed by atoms with van der Waals surface area (Å²) in [5.74, 6) is 1.75. The fraction of sp³-hybridized carbons (Fsp3) is 0.522. The molecule has 0 bridgehead atoms. The number of ketones is 1. The fourth-order valence-electron chi connectivity index (χ4n) is 4.46. The highest BCUT2D eigenvalue weighted by molar-refractivity contribution is 6.30. The monoisotopic (exact) mass is 371 g/mol. The molecule has 1 atom stereocenters. The smallest absolute Gasteiger partial charge is 0.164 e. The van der Waals surface area contributed by atoms with Crippen LogP contribution in [0, 0.1) is 25.7 Å². The molecule has 1 fully saturated rings. The molecule has 3 heteroatoms. The topological polar surface area (TPSA) is 22.0 Å². The van der Waals surface area contributed by atoms with Crippen molar-refractivity contribution in [2.24, 2.45) is 11.8 Å². The molecule has 0 radical (unpaired) electrons. The van der Waals surface area contributed by atoms with E-state index in [4.69, 9.17) is 11.6 Å². The van der Waals surface area contributed by atoms with Gasteiger partial charge < -0.3 is 4.57 Å². The summed E-state index contributed by atoms with van der Waals surface area (Å²) >= 11 is 6.01. The Kier molecular flexibility index (Phi) is 6.24. The predicted molar refractivity (Wildman–Crippen MR) is 110 cm³/mol. The molecule has 0 aliphatic heterocycles. The van der Waals surface area contributed by atoms with Gasteiger partial charge >= 0.3 is 0 Å². The van der Waals surface area contributed by atoms with Crippen molar-refractivity contribution >= 4 is 17.4 Å². The third kappa shape index (κ3) is 4.23. The Morgan fingerprint density at radius 2 is 1.81 bits per heavy atom. The van der Waals surface area contributed by atoms with Crippen LogP contribution in [0.1, 0.15) is 73.6 Å². The summed E-state index contributed by atoms with van der Waals surface area (Å²) < 4.78 is 2.15. The lowest BCUT2D eigenvalue weighted by Gasteiger charge is -2.27. The van der Waals surface area contributed by atoms with E-state index in [1.165, 1.54) is 32.1 Å². The van der Waals surface area contributed by atoms with Gasteiger partial charge in [0.05, 0.1) is 0 Å². The van der Waals surface area contributed by atoms with Crippen molar-refractivity contribution in [1.29, 1.82) is 0 Å². The third-order valence-corrected chi connectivity index (χ3v) is 6.35. The number of nitrogens with zero attached hydrogens (tertiary/aromatic N) is 1. The molecular weight excluding hydrogens is 342 g/mol. The van der Waals surface area contributed by atoms with E-state index in [-0.39, 0.29) is 5.78 Å². The number of carbonyl (C=O) groups excluding carboxylic acids is 1. The van der Waals surface area contributed by atoms with E-state index in [0.29, 0.717) is 12.3 Å². The molecule has 0 spiro atoms. The maximum atomic E-state index is 12.9. The molecule has 1 aliphatic carbocycles. The molecule has 1 saturated carbocycles. The van der Waals surface area contributed by atoms with Crippen molar-refractivity contribution in [2.45, 2.75) is 65.7 Å². The number of Topliss-reactive ketones (excluding diaryl/α,β-unsaturated/α-hetero) is 1. The lowest BCUT2D eigenvalue weighted by molar-refractivity contribution is 0.0966. The van der Waals surface area contributed by atoms with Crippen LogP contribution in [0.3, 0.4) is 0 Å². The van der Waals surface area contributed by atoms with Gasteiger partial charge in [0.1, 0.15) is 0 Å². The number of rotatable bonds is 6. The Balaban J connectivity index is 1.70. The summed E-state index contributed by atoms with van der Waals surface area (Å²) in [6.07, 6.45) is 8.48. The van der Waals surface area contributed by atoms with Crippen molar-refractivity contribution in [1.82, 2.24) is 4.57 Å². The van der Waals surface area contributed by atoms with Crippen molar-refractivity contribution in [3.8, 4) is 5.69 Å². The van der Waals surface area contributed by atoms with Gasteiger partial charge in [-0.3, -0.25) is 4.79 Å². The Morgan fingerprint density at radius 1 is 1.15 bits per heavy atom. The van der Waals surface area contributed by atoms with Crippen molar-refractivity contribution in [3.63, 3.8) is 0 Å². The van der Waals surface area contributed by atoms with Gasteiger partial charge in [-0.05, 0) is 62.4 Å². The lowest BCUT2D eigenvalue weighted by atomic mass is 9.78. The molecule has 2 aromatic rings. The molecule has 3 rings (SSSR count). The summed E-state index contributed by atoms with van der Waals surface area (Å²) in [7, 11) is 0. The molecule has 1 aliphatic rings. The van der Waals surface area contributed by atoms with Crippen LogP contribution in [0.2, 0.25) is 5.02 Å². The van der Waals surface area contributed by atoms with Crippen molar-refractivity contribution in [2.75, 3.05) is 0 Å². The first-order chi connectivity index (χ1) is 12.5. The Bertz CT molecular complexity index is 753. The van der Waals surface area contributed by atoms with Crippen molar-refractivity contribution in [3.05, 3.63) is 52.3 Å². The zero-order chi connectivity index (χ0) is 18.7. The highest BCUT2D eigenvalue weighted by Crippen LogP contribution is 2.32. The van der Waals surface area contributed by atoms with Crippen LogP contribution in [0.15, 0.2) is 30.3 Å². The summed E-state index contributed by atoms with van der Waals surface area (Å²) in [5, 5.41) is 0.726. The molecular formula is C23H30ClNO. The number of hydrogen-bond donors (Lipinski definition) is 0. The number of aryl methyl sites for hydroxylation is 1. The largest absolute Gasteiger partial charge is 0.318 e. The molecule has 0 saturated heterocycles. The van der Waals surface area contributed by atoms with Crippen LogP contribution in [0.25, 0.3) is 5.69 Å². The minimum Gasteiger partial charge on any atom is -0.318 e. The zero-order valence-electron chi connectivity index (χ0n) is 16.2. The van der Waals surface area contributed by atoms with Crippen LogP contribution in [-0.2, 0) is 0 Å². The first-order valence-electron chi connectivity index (χ1n) is 9.95. The van der Waals surface area contributed by atoms with Gasteiger partial charge in [-0.15, -0.1) is 0 Å². The number of benzene rings is 1. The van der Waals surface area contributed by atoms with E-state index in [2.05, 4.69) is 18.4 Å². The first kappa shape index (κ1) is 19.2. The Hall–Kier alpha value is -1.54. The van der Waals surface area contributed by atoms with Crippen molar-refractivity contribution < 1.29 is 4.79 Å². The fourth-order valence-corrected chi connectivity index (χ4v) is 4.59. The highest BCUT2D eigenvalue weighted by atomic mass is 35.5. The predicted octanol–water partition coefficient (Wildman–Crippen LogP) is 6.93. The van der Waals surface area contributed by atoms with Gasteiger partial charge in [0.2, 0.25) is 0 Å². The average Bonchev–Trinajstić information content (AvgIpc) is 2.95. The summed E-state index contributed by atoms with van der Waals surface area (Å²) in [6.45, 7) is 6.43. The second-order valence-corrected chi connectivity index (χ2v) is 8.37. The normalized spacial score (nSPS) is 16.6. The summed E-state index contributed by atoms with van der Waals surface area (Å²) in [6, 6.07) is 9.83. The van der Waals surface area contributed by atoms with E-state index in [1.54, 1.807) is 0 Å². The van der Waals surface area contributed by atoms with Gasteiger partial charge in [0.25, 0.3) is 0 Å². The maximum Gasteiger partial charge on any atom is 0.164 e. The molecule has 26 heavy (non-hydrogen) atoms. The van der Waals surface area contributed by atoms with E-state index >= 15 is 0 Å². The molecule has 1 heterocycles. The number of hydrogen-bond acceptors (Lipinski definition) is 1. The van der Waals surface area contributed by atoms with Crippen LogP contribution in [0.4, 0.5) is 0 Å². The quantitative estimate of drug-likeness (QED) is 0.504. The molecule has 1 aromatic heterocycles. The van der Waals surface area contributed by atoms with E-state index in [1.807, 2.05) is 37.3 Å². The molecule has 140 valence electrons. The van der Waals surface area contributed by atoms with E-state index < -0.39 is 0 Å². The Labute approximate surface area is 162 Å². The standard InChI is InChI=1S/C23H30ClNO/c1-16(19-7-5-4-6-8-19)9-14-23(26)22-15-17(2)25(18(22)3)21-12-10-20(24)11-13-21/h10-13,15-16,19H,4-9,14H2,1-3H3. The molecule has 2 nitrogen and oxygen atoms in total. The molecule has 1 aromatic carbocycles. The second-order valence-electron chi connectivity index (χ2n) is 7.93. The maximum absolute atomic E-state index is 12.9. The summed E-state index contributed by atoms with van der Waals surface area (Å²) in [5.41, 5.74) is 4.04. The third-order valence-electron chi connectivity index (χ3n) is 6.10. The van der Waals surface area contributed by atoms with Gasteiger partial charge in [-0.1, -0.05) is 50.6 Å². The van der Waals surface area contributed by atoms with E-state index in [9.17, 15) is 4.79 Å². The van der Waals surface area contributed by atoms with Gasteiger partial charge in [-0.25, -0.2) is 0 Å². The van der Waals surface area contributed by atoms with Crippen LogP contribution >= 0.6 is 11.6 Å². The molecule has 0 N–H and O–H groups in total.